The average Bonchev–Trinajstić information content (AvgIpc) is 2.67. The molecule has 1 aromatic heterocycles. The lowest BCUT2D eigenvalue weighted by molar-refractivity contribution is -0.141. The predicted molar refractivity (Wildman–Crippen MR) is 107 cm³/mol. The van der Waals surface area contributed by atoms with E-state index in [1.165, 1.54) is 12.1 Å². The second-order valence-corrected chi connectivity index (χ2v) is 6.82. The van der Waals surface area contributed by atoms with Crippen LogP contribution in [0, 0.1) is 6.92 Å². The summed E-state index contributed by atoms with van der Waals surface area (Å²) in [5.74, 6) is -1.59. The molecular weight excluding hydrogens is 374 g/mol. The van der Waals surface area contributed by atoms with Crippen molar-refractivity contribution in [2.45, 2.75) is 32.2 Å². The Kier molecular flexibility index (Phi) is 5.97. The van der Waals surface area contributed by atoms with Gasteiger partial charge < -0.3 is 19.9 Å². The van der Waals surface area contributed by atoms with Gasteiger partial charge in [-0.2, -0.15) is 0 Å². The van der Waals surface area contributed by atoms with E-state index in [0.29, 0.717) is 16.5 Å². The van der Waals surface area contributed by atoms with Crippen LogP contribution in [0.4, 0.5) is 0 Å². The lowest BCUT2D eigenvalue weighted by Gasteiger charge is -2.15. The quantitative estimate of drug-likeness (QED) is 0.530. The molecule has 1 amide bonds. The predicted octanol–water partition coefficient (Wildman–Crippen LogP) is 2.55. The number of carbonyl (C=O) groups excluding carboxylic acids is 1. The monoisotopic (exact) mass is 395 g/mol. The molecule has 0 radical (unpaired) electrons. The fraction of sp³-hybridized carbons (Fsp3) is 0.227. The van der Waals surface area contributed by atoms with Crippen LogP contribution < -0.4 is 10.9 Å². The van der Waals surface area contributed by atoms with Crippen LogP contribution in [-0.4, -0.2) is 28.1 Å². The molecule has 1 heterocycles. The van der Waals surface area contributed by atoms with E-state index in [1.807, 2.05) is 6.07 Å². The highest BCUT2D eigenvalue weighted by molar-refractivity contribution is 5.85. The number of nitrogens with one attached hydrogen (secondary N) is 1. The molecule has 3 rings (SSSR count). The van der Waals surface area contributed by atoms with Crippen LogP contribution in [0.25, 0.3) is 11.0 Å². The number of rotatable bonds is 7. The lowest BCUT2D eigenvalue weighted by atomic mass is 10.0. The van der Waals surface area contributed by atoms with E-state index >= 15 is 0 Å². The van der Waals surface area contributed by atoms with Crippen molar-refractivity contribution < 1.29 is 24.2 Å². The van der Waals surface area contributed by atoms with E-state index in [1.54, 1.807) is 37.3 Å². The zero-order valence-corrected chi connectivity index (χ0v) is 15.8. The van der Waals surface area contributed by atoms with Crippen LogP contribution in [0.5, 0.6) is 5.75 Å². The number of phenolic OH excluding ortho intramolecular Hbond substituents is 1. The van der Waals surface area contributed by atoms with Gasteiger partial charge in [-0.25, -0.2) is 9.59 Å². The Bertz CT molecular complexity index is 1100. The maximum Gasteiger partial charge on any atom is 0.339 e. The van der Waals surface area contributed by atoms with E-state index in [2.05, 4.69) is 5.32 Å². The van der Waals surface area contributed by atoms with Gasteiger partial charge in [-0.05, 0) is 36.6 Å². The highest BCUT2D eigenvalue weighted by Gasteiger charge is 2.21. The first-order chi connectivity index (χ1) is 13.8. The molecule has 150 valence electrons. The zero-order chi connectivity index (χ0) is 21.0. The third-order valence-electron chi connectivity index (χ3n) is 4.79. The van der Waals surface area contributed by atoms with E-state index in [-0.39, 0.29) is 30.6 Å². The normalized spacial score (nSPS) is 11.9. The molecule has 0 saturated heterocycles. The van der Waals surface area contributed by atoms with E-state index < -0.39 is 23.5 Å². The summed E-state index contributed by atoms with van der Waals surface area (Å²) in [5, 5.41) is 22.1. The van der Waals surface area contributed by atoms with Gasteiger partial charge in [0.25, 0.3) is 0 Å². The molecule has 3 aromatic rings. The van der Waals surface area contributed by atoms with Gasteiger partial charge >= 0.3 is 11.6 Å². The van der Waals surface area contributed by atoms with Crippen molar-refractivity contribution in [2.75, 3.05) is 0 Å². The number of aliphatic carboxylic acids is 1. The summed E-state index contributed by atoms with van der Waals surface area (Å²) in [7, 11) is 0. The molecule has 1 atom stereocenters. The molecule has 0 unspecified atom stereocenters. The van der Waals surface area contributed by atoms with Crippen LogP contribution >= 0.6 is 0 Å². The van der Waals surface area contributed by atoms with Crippen molar-refractivity contribution in [2.24, 2.45) is 0 Å². The van der Waals surface area contributed by atoms with Crippen molar-refractivity contribution in [1.82, 2.24) is 5.32 Å². The Morgan fingerprint density at radius 1 is 1.14 bits per heavy atom. The first kappa shape index (κ1) is 20.1. The number of aromatic hydroxyl groups is 1. The topological polar surface area (TPSA) is 117 Å². The van der Waals surface area contributed by atoms with Crippen molar-refractivity contribution >= 4 is 22.8 Å². The second-order valence-electron chi connectivity index (χ2n) is 6.82. The van der Waals surface area contributed by atoms with Gasteiger partial charge in [0, 0.05) is 29.9 Å². The fourth-order valence-electron chi connectivity index (χ4n) is 3.23. The molecule has 3 N–H and O–H groups in total. The molecule has 7 nitrogen and oxygen atoms in total. The lowest BCUT2D eigenvalue weighted by Crippen LogP contribution is -2.42. The summed E-state index contributed by atoms with van der Waals surface area (Å²) in [4.78, 5) is 36.1. The maximum absolute atomic E-state index is 12.3. The Morgan fingerprint density at radius 3 is 2.55 bits per heavy atom. The summed E-state index contributed by atoms with van der Waals surface area (Å²) in [6.45, 7) is 1.75. The Labute approximate surface area is 166 Å². The van der Waals surface area contributed by atoms with Gasteiger partial charge in [0.15, 0.2) is 0 Å². The van der Waals surface area contributed by atoms with E-state index in [4.69, 9.17) is 4.42 Å². The van der Waals surface area contributed by atoms with Crippen LogP contribution in [0.2, 0.25) is 0 Å². The average molecular weight is 395 g/mol. The van der Waals surface area contributed by atoms with Crippen molar-refractivity contribution in [3.8, 4) is 5.75 Å². The number of hydrogen-bond acceptors (Lipinski definition) is 5. The minimum Gasteiger partial charge on any atom is -0.508 e. The standard InChI is InChI=1S/C22H21NO6/c1-13-16-8-7-15(24)12-19(16)29-22(28)17(13)9-10-20(25)23-18(21(26)27)11-14-5-3-2-4-6-14/h2-8,12,18,24H,9-11H2,1H3,(H,23,25)(H,26,27)/t18-/m1/s1. The second kappa shape index (κ2) is 8.60. The Morgan fingerprint density at radius 2 is 1.86 bits per heavy atom. The third kappa shape index (κ3) is 4.82. The van der Waals surface area contributed by atoms with Gasteiger partial charge in [-0.1, -0.05) is 30.3 Å². The molecule has 0 aliphatic carbocycles. The zero-order valence-electron chi connectivity index (χ0n) is 15.8. The Hall–Kier alpha value is -3.61. The van der Waals surface area contributed by atoms with Crippen LogP contribution in [0.3, 0.4) is 0 Å². The molecule has 7 heteroatoms. The molecule has 0 fully saturated rings. The van der Waals surface area contributed by atoms with Gasteiger partial charge in [-0.3, -0.25) is 4.79 Å². The van der Waals surface area contributed by atoms with Gasteiger partial charge in [-0.15, -0.1) is 0 Å². The number of benzene rings is 2. The molecule has 29 heavy (non-hydrogen) atoms. The van der Waals surface area contributed by atoms with Gasteiger partial charge in [0.05, 0.1) is 0 Å². The molecule has 0 bridgehead atoms. The fourth-order valence-corrected chi connectivity index (χ4v) is 3.23. The van der Waals surface area contributed by atoms with Gasteiger partial charge in [0.1, 0.15) is 17.4 Å². The van der Waals surface area contributed by atoms with Crippen molar-refractivity contribution in [1.29, 1.82) is 0 Å². The summed E-state index contributed by atoms with van der Waals surface area (Å²) < 4.78 is 5.24. The number of aryl methyl sites for hydroxylation is 1. The van der Waals surface area contributed by atoms with E-state index in [0.717, 1.165) is 5.56 Å². The van der Waals surface area contributed by atoms with Crippen LogP contribution in [0.1, 0.15) is 23.1 Å². The SMILES string of the molecule is Cc1c(CCC(=O)N[C@H](Cc2ccccc2)C(=O)O)c(=O)oc2cc(O)ccc12. The first-order valence-electron chi connectivity index (χ1n) is 9.16. The maximum atomic E-state index is 12.3. The summed E-state index contributed by atoms with van der Waals surface area (Å²) >= 11 is 0. The molecule has 0 saturated carbocycles. The minimum atomic E-state index is -1.12. The number of amides is 1. The number of carboxylic acid groups (broad SMARTS) is 1. The number of carboxylic acids is 1. The Balaban J connectivity index is 1.70. The third-order valence-corrected chi connectivity index (χ3v) is 4.79. The minimum absolute atomic E-state index is 0.00898. The van der Waals surface area contributed by atoms with Crippen LogP contribution in [0.15, 0.2) is 57.7 Å². The summed E-state index contributed by atoms with van der Waals surface area (Å²) in [6.07, 6.45) is 0.241. The summed E-state index contributed by atoms with van der Waals surface area (Å²) in [6, 6.07) is 12.5. The smallest absolute Gasteiger partial charge is 0.339 e. The largest absolute Gasteiger partial charge is 0.508 e. The van der Waals surface area contributed by atoms with Crippen molar-refractivity contribution in [3.63, 3.8) is 0 Å². The molecule has 2 aromatic carbocycles. The summed E-state index contributed by atoms with van der Waals surface area (Å²) in [5.41, 5.74) is 1.52. The van der Waals surface area contributed by atoms with E-state index in [9.17, 15) is 24.6 Å². The number of hydrogen-bond donors (Lipinski definition) is 3. The first-order valence-corrected chi connectivity index (χ1v) is 9.16. The molecule has 0 aliphatic heterocycles. The van der Waals surface area contributed by atoms with Gasteiger partial charge in [0.2, 0.25) is 5.91 Å². The number of phenols is 1. The molecule has 0 aliphatic rings. The molecular formula is C22H21NO6. The highest BCUT2D eigenvalue weighted by Crippen LogP contribution is 2.23. The molecule has 0 spiro atoms. The number of carbonyl (C=O) groups is 2. The highest BCUT2D eigenvalue weighted by atomic mass is 16.4. The number of fused-ring (bicyclic) bond motifs is 1. The van der Waals surface area contributed by atoms with Crippen LogP contribution in [-0.2, 0) is 22.4 Å². The van der Waals surface area contributed by atoms with Crippen molar-refractivity contribution in [3.05, 3.63) is 75.6 Å².